The number of benzene rings is 2. The third-order valence-corrected chi connectivity index (χ3v) is 3.22. The van der Waals surface area contributed by atoms with Gasteiger partial charge in [-0.25, -0.2) is 17.6 Å². The van der Waals surface area contributed by atoms with Crippen LogP contribution in [0.3, 0.4) is 0 Å². The molecule has 0 atom stereocenters. The van der Waals surface area contributed by atoms with Gasteiger partial charge in [-0.1, -0.05) is 11.8 Å². The standard InChI is InChI=1S/C12H7F4NS/c13-6-3-10(16)12(17)11(4-6)18-7-1-2-8(14)9(15)5-7/h1-5H,17H2. The molecule has 0 aliphatic rings. The van der Waals surface area contributed by atoms with Crippen molar-refractivity contribution in [2.24, 2.45) is 0 Å². The van der Waals surface area contributed by atoms with Crippen LogP contribution in [0.25, 0.3) is 0 Å². The minimum absolute atomic E-state index is 0.110. The van der Waals surface area contributed by atoms with Gasteiger partial charge >= 0.3 is 0 Å². The van der Waals surface area contributed by atoms with Gasteiger partial charge < -0.3 is 5.73 Å². The molecule has 2 rings (SSSR count). The minimum Gasteiger partial charge on any atom is -0.395 e. The maximum atomic E-state index is 13.2. The summed E-state index contributed by atoms with van der Waals surface area (Å²) in [6.07, 6.45) is 0. The van der Waals surface area contributed by atoms with Gasteiger partial charge in [0, 0.05) is 15.9 Å². The van der Waals surface area contributed by atoms with E-state index in [1.54, 1.807) is 0 Å². The van der Waals surface area contributed by atoms with Gasteiger partial charge in [0.25, 0.3) is 0 Å². The Morgan fingerprint density at radius 3 is 2.22 bits per heavy atom. The topological polar surface area (TPSA) is 26.0 Å². The smallest absolute Gasteiger partial charge is 0.159 e. The lowest BCUT2D eigenvalue weighted by Gasteiger charge is -2.07. The van der Waals surface area contributed by atoms with Gasteiger partial charge in [-0.15, -0.1) is 0 Å². The minimum atomic E-state index is -1.03. The molecule has 0 aliphatic heterocycles. The maximum Gasteiger partial charge on any atom is 0.159 e. The summed E-state index contributed by atoms with van der Waals surface area (Å²) in [6.45, 7) is 0. The fraction of sp³-hybridized carbons (Fsp3) is 0. The van der Waals surface area contributed by atoms with Gasteiger partial charge in [-0.3, -0.25) is 0 Å². The van der Waals surface area contributed by atoms with Crippen LogP contribution in [-0.4, -0.2) is 0 Å². The molecule has 0 amide bonds. The van der Waals surface area contributed by atoms with Crippen LogP contribution in [0.4, 0.5) is 23.2 Å². The van der Waals surface area contributed by atoms with E-state index in [4.69, 9.17) is 5.73 Å². The highest BCUT2D eigenvalue weighted by Crippen LogP contribution is 2.34. The van der Waals surface area contributed by atoms with Crippen LogP contribution >= 0.6 is 11.8 Å². The molecule has 0 heterocycles. The lowest BCUT2D eigenvalue weighted by Crippen LogP contribution is -1.95. The zero-order valence-corrected chi connectivity index (χ0v) is 9.70. The lowest BCUT2D eigenvalue weighted by molar-refractivity contribution is 0.506. The number of hydrogen-bond donors (Lipinski definition) is 1. The first-order valence-electron chi connectivity index (χ1n) is 4.85. The zero-order valence-electron chi connectivity index (χ0n) is 8.88. The number of halogens is 4. The van der Waals surface area contributed by atoms with Crippen molar-refractivity contribution < 1.29 is 17.6 Å². The predicted molar refractivity (Wildman–Crippen MR) is 61.3 cm³/mol. The lowest BCUT2D eigenvalue weighted by atomic mass is 10.3. The van der Waals surface area contributed by atoms with Crippen LogP contribution in [-0.2, 0) is 0 Å². The van der Waals surface area contributed by atoms with Crippen molar-refractivity contribution in [3.8, 4) is 0 Å². The van der Waals surface area contributed by atoms with E-state index in [0.717, 1.165) is 30.0 Å². The normalized spacial score (nSPS) is 10.7. The number of nitrogen functional groups attached to an aromatic ring is 1. The van der Waals surface area contributed by atoms with E-state index in [2.05, 4.69) is 0 Å². The molecule has 18 heavy (non-hydrogen) atoms. The van der Waals surface area contributed by atoms with Gasteiger partial charge in [0.05, 0.1) is 5.69 Å². The molecule has 2 N–H and O–H groups in total. The molecule has 94 valence electrons. The molecular formula is C12H7F4NS. The molecule has 0 fully saturated rings. The highest BCUT2D eigenvalue weighted by molar-refractivity contribution is 7.99. The molecular weight excluding hydrogens is 266 g/mol. The van der Waals surface area contributed by atoms with E-state index in [-0.39, 0.29) is 10.6 Å². The number of hydrogen-bond acceptors (Lipinski definition) is 2. The molecule has 0 aromatic heterocycles. The Hall–Kier alpha value is -1.69. The first-order chi connectivity index (χ1) is 8.47. The van der Waals surface area contributed by atoms with E-state index >= 15 is 0 Å². The van der Waals surface area contributed by atoms with Crippen LogP contribution in [0.2, 0.25) is 0 Å². The number of nitrogens with two attached hydrogens (primary N) is 1. The van der Waals surface area contributed by atoms with Crippen molar-refractivity contribution in [3.63, 3.8) is 0 Å². The molecule has 1 nitrogen and oxygen atoms in total. The van der Waals surface area contributed by atoms with Gasteiger partial charge in [-0.05, 0) is 24.3 Å². The van der Waals surface area contributed by atoms with Crippen molar-refractivity contribution in [1.29, 1.82) is 0 Å². The Kier molecular flexibility index (Phi) is 3.47. The number of anilines is 1. The predicted octanol–water partition coefficient (Wildman–Crippen LogP) is 3.98. The third kappa shape index (κ3) is 2.59. The average Bonchev–Trinajstić information content (AvgIpc) is 2.30. The summed E-state index contributed by atoms with van der Waals surface area (Å²) in [5, 5.41) is 0. The molecule has 0 bridgehead atoms. The van der Waals surface area contributed by atoms with E-state index in [0.29, 0.717) is 11.0 Å². The van der Waals surface area contributed by atoms with Crippen molar-refractivity contribution >= 4 is 17.4 Å². The summed E-state index contributed by atoms with van der Waals surface area (Å²) in [5.41, 5.74) is 5.21. The third-order valence-electron chi connectivity index (χ3n) is 2.18. The van der Waals surface area contributed by atoms with Crippen LogP contribution in [0.1, 0.15) is 0 Å². The first kappa shape index (κ1) is 12.8. The second-order valence-corrected chi connectivity index (χ2v) is 4.59. The SMILES string of the molecule is Nc1c(F)cc(F)cc1Sc1ccc(F)c(F)c1. The molecule has 0 aliphatic carbocycles. The van der Waals surface area contributed by atoms with Crippen molar-refractivity contribution in [2.75, 3.05) is 5.73 Å². The highest BCUT2D eigenvalue weighted by Gasteiger charge is 2.11. The summed E-state index contributed by atoms with van der Waals surface area (Å²) in [4.78, 5) is 0.407. The molecule has 0 unspecified atom stereocenters. The Morgan fingerprint density at radius 2 is 1.56 bits per heavy atom. The van der Waals surface area contributed by atoms with Crippen LogP contribution < -0.4 is 5.73 Å². The van der Waals surface area contributed by atoms with Crippen molar-refractivity contribution in [2.45, 2.75) is 9.79 Å². The highest BCUT2D eigenvalue weighted by atomic mass is 32.2. The Labute approximate surface area is 105 Å². The molecule has 0 saturated heterocycles. The van der Waals surface area contributed by atoms with Crippen LogP contribution in [0.5, 0.6) is 0 Å². The van der Waals surface area contributed by atoms with Crippen LogP contribution in [0, 0.1) is 23.3 Å². The second kappa shape index (κ2) is 4.89. The van der Waals surface area contributed by atoms with Crippen molar-refractivity contribution in [1.82, 2.24) is 0 Å². The van der Waals surface area contributed by atoms with Crippen molar-refractivity contribution in [3.05, 3.63) is 53.6 Å². The van der Waals surface area contributed by atoms with Gasteiger partial charge in [0.2, 0.25) is 0 Å². The largest absolute Gasteiger partial charge is 0.395 e. The van der Waals surface area contributed by atoms with Gasteiger partial charge in [0.15, 0.2) is 11.6 Å². The average molecular weight is 273 g/mol. The molecule has 0 spiro atoms. The van der Waals surface area contributed by atoms with E-state index in [1.165, 1.54) is 6.07 Å². The second-order valence-electron chi connectivity index (χ2n) is 3.48. The zero-order chi connectivity index (χ0) is 13.3. The fourth-order valence-electron chi connectivity index (χ4n) is 1.31. The van der Waals surface area contributed by atoms with Gasteiger partial charge in [0.1, 0.15) is 11.6 Å². The number of rotatable bonds is 2. The summed E-state index contributed by atoms with van der Waals surface area (Å²) >= 11 is 0.854. The summed E-state index contributed by atoms with van der Waals surface area (Å²) in [7, 11) is 0. The fourth-order valence-corrected chi connectivity index (χ4v) is 2.24. The summed E-state index contributed by atoms with van der Waals surface area (Å²) in [6, 6.07) is 4.85. The molecule has 2 aromatic rings. The Bertz CT molecular complexity index is 601. The maximum absolute atomic E-state index is 13.2. The Morgan fingerprint density at radius 1 is 0.833 bits per heavy atom. The quantitative estimate of drug-likeness (QED) is 0.661. The molecule has 0 saturated carbocycles. The summed E-state index contributed by atoms with van der Waals surface area (Å²) < 4.78 is 51.9. The van der Waals surface area contributed by atoms with Gasteiger partial charge in [-0.2, -0.15) is 0 Å². The molecule has 6 heteroatoms. The Balaban J connectivity index is 2.36. The first-order valence-corrected chi connectivity index (χ1v) is 5.66. The van der Waals surface area contributed by atoms with Crippen LogP contribution in [0.15, 0.2) is 40.1 Å². The monoisotopic (exact) mass is 273 g/mol. The molecule has 0 radical (unpaired) electrons. The summed E-state index contributed by atoms with van der Waals surface area (Å²) in [5.74, 6) is -3.69. The van der Waals surface area contributed by atoms with E-state index in [1.807, 2.05) is 0 Å². The molecule has 2 aromatic carbocycles. The van der Waals surface area contributed by atoms with E-state index < -0.39 is 23.3 Å². The van der Waals surface area contributed by atoms with E-state index in [9.17, 15) is 17.6 Å².